The molecule has 4 aromatic carbocycles. The van der Waals surface area contributed by atoms with Gasteiger partial charge in [0, 0.05) is 31.3 Å². The fourth-order valence-corrected chi connectivity index (χ4v) is 4.73. The Morgan fingerprint density at radius 1 is 0.853 bits per heavy atom. The number of carbonyl (C=O) groups is 2. The van der Waals surface area contributed by atoms with Gasteiger partial charge in [-0.25, -0.2) is 4.79 Å². The zero-order valence-corrected chi connectivity index (χ0v) is 21.3. The van der Waals surface area contributed by atoms with E-state index in [4.69, 9.17) is 27.9 Å². The van der Waals surface area contributed by atoms with Crippen LogP contribution < -0.4 is 4.90 Å². The fraction of sp³-hybridized carbons (Fsp3) is 0.111. The number of benzene rings is 4. The molecule has 0 N–H and O–H groups in total. The molecule has 0 unspecified atom stereocenters. The highest BCUT2D eigenvalue weighted by Gasteiger charge is 2.23. The van der Waals surface area contributed by atoms with Crippen LogP contribution in [-0.2, 0) is 11.3 Å². The second kappa shape index (κ2) is 10.6. The Kier molecular flexibility index (Phi) is 7.57. The average Bonchev–Trinajstić information content (AvgIpc) is 2.84. The molecule has 0 saturated carbocycles. The van der Waals surface area contributed by atoms with Crippen molar-refractivity contribution in [1.29, 1.82) is 0 Å². The monoisotopic (exact) mass is 555 g/mol. The molecular formula is C27H20BrCl2NO3. The van der Waals surface area contributed by atoms with E-state index in [1.54, 1.807) is 60.4 Å². The highest BCUT2D eigenvalue weighted by molar-refractivity contribution is 9.10. The number of amides is 1. The zero-order chi connectivity index (χ0) is 24.2. The van der Waals surface area contributed by atoms with E-state index >= 15 is 0 Å². The maximum Gasteiger partial charge on any atom is 0.338 e. The van der Waals surface area contributed by atoms with Crippen LogP contribution in [0.25, 0.3) is 10.8 Å². The summed E-state index contributed by atoms with van der Waals surface area (Å²) >= 11 is 16.4. The van der Waals surface area contributed by atoms with Gasteiger partial charge in [0.2, 0.25) is 0 Å². The molecule has 0 atom stereocenters. The molecule has 0 spiro atoms. The number of anilines is 1. The molecule has 1 amide bonds. The highest BCUT2D eigenvalue weighted by atomic mass is 79.9. The number of hydrogen-bond acceptors (Lipinski definition) is 3. The predicted molar refractivity (Wildman–Crippen MR) is 141 cm³/mol. The Hall–Kier alpha value is -2.86. The van der Waals surface area contributed by atoms with Crippen molar-refractivity contribution in [3.05, 3.63) is 110 Å². The second-order valence-corrected chi connectivity index (χ2v) is 9.17. The standard InChI is InChI=1S/C27H20BrCl2NO3/c1-2-34-27(33)17-12-14-18(15-13-17)31(16-22-24(29)10-5-11-25(22)30)26(32)21-8-3-7-20-19(21)6-4-9-23(20)28/h3-15H,2,16H2,1H3. The van der Waals surface area contributed by atoms with Crippen molar-refractivity contribution in [3.8, 4) is 0 Å². The van der Waals surface area contributed by atoms with Gasteiger partial charge >= 0.3 is 5.97 Å². The first-order chi connectivity index (χ1) is 16.4. The van der Waals surface area contributed by atoms with Crippen molar-refractivity contribution < 1.29 is 14.3 Å². The minimum absolute atomic E-state index is 0.153. The number of esters is 1. The summed E-state index contributed by atoms with van der Waals surface area (Å²) in [6.07, 6.45) is 0. The number of rotatable bonds is 6. The first-order valence-corrected chi connectivity index (χ1v) is 12.1. The summed E-state index contributed by atoms with van der Waals surface area (Å²) in [5.74, 6) is -0.636. The lowest BCUT2D eigenvalue weighted by atomic mass is 10.0. The van der Waals surface area contributed by atoms with Crippen LogP contribution in [0.4, 0.5) is 5.69 Å². The molecule has 7 heteroatoms. The van der Waals surface area contributed by atoms with Gasteiger partial charge in [-0.15, -0.1) is 0 Å². The van der Waals surface area contributed by atoms with E-state index in [0.29, 0.717) is 32.4 Å². The summed E-state index contributed by atoms with van der Waals surface area (Å²) in [7, 11) is 0. The lowest BCUT2D eigenvalue weighted by Gasteiger charge is -2.25. The molecule has 0 aliphatic heterocycles. The lowest BCUT2D eigenvalue weighted by molar-refractivity contribution is 0.0526. The largest absolute Gasteiger partial charge is 0.462 e. The topological polar surface area (TPSA) is 46.6 Å². The van der Waals surface area contributed by atoms with Gasteiger partial charge in [0.15, 0.2) is 0 Å². The maximum atomic E-state index is 14.0. The van der Waals surface area contributed by atoms with Crippen LogP contribution >= 0.6 is 39.1 Å². The summed E-state index contributed by atoms with van der Waals surface area (Å²) in [5.41, 5.74) is 2.18. The maximum absolute atomic E-state index is 14.0. The molecule has 0 fully saturated rings. The zero-order valence-electron chi connectivity index (χ0n) is 18.2. The third-order valence-corrected chi connectivity index (χ3v) is 6.81. The molecular weight excluding hydrogens is 537 g/mol. The molecule has 0 heterocycles. The van der Waals surface area contributed by atoms with Crippen LogP contribution in [0.1, 0.15) is 33.2 Å². The van der Waals surface area contributed by atoms with Gasteiger partial charge < -0.3 is 9.64 Å². The van der Waals surface area contributed by atoms with Gasteiger partial charge in [0.25, 0.3) is 5.91 Å². The van der Waals surface area contributed by atoms with Gasteiger partial charge in [0.05, 0.1) is 18.7 Å². The first-order valence-electron chi connectivity index (χ1n) is 10.6. The van der Waals surface area contributed by atoms with Crippen LogP contribution in [0, 0.1) is 0 Å². The molecule has 4 rings (SSSR count). The average molecular weight is 557 g/mol. The van der Waals surface area contributed by atoms with Gasteiger partial charge in [-0.2, -0.15) is 0 Å². The summed E-state index contributed by atoms with van der Waals surface area (Å²) in [6.45, 7) is 2.19. The van der Waals surface area contributed by atoms with Gasteiger partial charge in [-0.3, -0.25) is 4.79 Å². The van der Waals surface area contributed by atoms with E-state index in [0.717, 1.165) is 15.2 Å². The van der Waals surface area contributed by atoms with Crippen LogP contribution in [-0.4, -0.2) is 18.5 Å². The molecule has 0 bridgehead atoms. The molecule has 0 saturated heterocycles. The lowest BCUT2D eigenvalue weighted by Crippen LogP contribution is -2.31. The summed E-state index contributed by atoms with van der Waals surface area (Å²) in [6, 6.07) is 23.3. The normalized spacial score (nSPS) is 10.8. The highest BCUT2D eigenvalue weighted by Crippen LogP contribution is 2.32. The van der Waals surface area contributed by atoms with Crippen molar-refractivity contribution in [1.82, 2.24) is 0 Å². The van der Waals surface area contributed by atoms with E-state index in [-0.39, 0.29) is 19.1 Å². The number of ether oxygens (including phenoxy) is 1. The van der Waals surface area contributed by atoms with Crippen molar-refractivity contribution >= 4 is 67.5 Å². The molecule has 0 aliphatic carbocycles. The van der Waals surface area contributed by atoms with Crippen LogP contribution in [0.15, 0.2) is 83.3 Å². The Balaban J connectivity index is 1.81. The Bertz CT molecular complexity index is 1350. The minimum atomic E-state index is -0.417. The van der Waals surface area contributed by atoms with E-state index < -0.39 is 5.97 Å². The van der Waals surface area contributed by atoms with Crippen molar-refractivity contribution in [3.63, 3.8) is 0 Å². The number of nitrogens with zero attached hydrogens (tertiary/aromatic N) is 1. The van der Waals surface area contributed by atoms with E-state index in [1.807, 2.05) is 30.3 Å². The van der Waals surface area contributed by atoms with Crippen molar-refractivity contribution in [2.45, 2.75) is 13.5 Å². The van der Waals surface area contributed by atoms with Crippen LogP contribution in [0.3, 0.4) is 0 Å². The molecule has 0 radical (unpaired) electrons. The predicted octanol–water partition coefficient (Wildman–Crippen LogP) is 7.93. The molecule has 0 aliphatic rings. The second-order valence-electron chi connectivity index (χ2n) is 7.50. The van der Waals surface area contributed by atoms with Gasteiger partial charge in [-0.05, 0) is 66.2 Å². The SMILES string of the molecule is CCOC(=O)c1ccc(N(Cc2c(Cl)cccc2Cl)C(=O)c2cccc3c(Br)cccc23)cc1. The van der Waals surface area contributed by atoms with Crippen LogP contribution in [0.5, 0.6) is 0 Å². The Morgan fingerprint density at radius 2 is 1.47 bits per heavy atom. The quantitative estimate of drug-likeness (QED) is 0.226. The minimum Gasteiger partial charge on any atom is -0.462 e. The molecule has 0 aromatic heterocycles. The summed E-state index contributed by atoms with van der Waals surface area (Å²) in [5, 5.41) is 2.69. The van der Waals surface area contributed by atoms with Gasteiger partial charge in [-0.1, -0.05) is 69.5 Å². The smallest absolute Gasteiger partial charge is 0.338 e. The number of halogens is 3. The Labute approximate surface area is 216 Å². The molecule has 4 aromatic rings. The molecule has 34 heavy (non-hydrogen) atoms. The van der Waals surface area contributed by atoms with E-state index in [1.165, 1.54) is 0 Å². The third kappa shape index (κ3) is 4.97. The van der Waals surface area contributed by atoms with Crippen molar-refractivity contribution in [2.24, 2.45) is 0 Å². The van der Waals surface area contributed by atoms with E-state index in [2.05, 4.69) is 15.9 Å². The summed E-state index contributed by atoms with van der Waals surface area (Å²) in [4.78, 5) is 27.7. The van der Waals surface area contributed by atoms with Gasteiger partial charge in [0.1, 0.15) is 0 Å². The first kappa shape index (κ1) is 24.3. The molecule has 4 nitrogen and oxygen atoms in total. The fourth-order valence-electron chi connectivity index (χ4n) is 3.72. The molecule has 172 valence electrons. The number of fused-ring (bicyclic) bond motifs is 1. The number of hydrogen-bond donors (Lipinski definition) is 0. The number of carbonyl (C=O) groups excluding carboxylic acids is 2. The Morgan fingerprint density at radius 3 is 2.15 bits per heavy atom. The third-order valence-electron chi connectivity index (χ3n) is 5.41. The van der Waals surface area contributed by atoms with Crippen molar-refractivity contribution in [2.75, 3.05) is 11.5 Å². The van der Waals surface area contributed by atoms with E-state index in [9.17, 15) is 9.59 Å². The summed E-state index contributed by atoms with van der Waals surface area (Å²) < 4.78 is 5.97. The van der Waals surface area contributed by atoms with Crippen LogP contribution in [0.2, 0.25) is 10.0 Å².